The van der Waals surface area contributed by atoms with Crippen molar-refractivity contribution in [3.05, 3.63) is 28.6 Å². The van der Waals surface area contributed by atoms with Gasteiger partial charge in [0.05, 0.1) is 4.88 Å². The summed E-state index contributed by atoms with van der Waals surface area (Å²) in [7, 11) is 1.95. The zero-order valence-electron chi connectivity index (χ0n) is 12.2. The van der Waals surface area contributed by atoms with Crippen LogP contribution in [0.25, 0.3) is 9.88 Å². The molecule has 2 aromatic heterocycles. The molecule has 122 valence electrons. The number of thiophene rings is 1. The lowest BCUT2D eigenvalue weighted by molar-refractivity contribution is 0.0693. The lowest BCUT2D eigenvalue weighted by atomic mass is 10.1. The van der Waals surface area contributed by atoms with Crippen LogP contribution in [0.5, 0.6) is 0 Å². The van der Waals surface area contributed by atoms with E-state index >= 15 is 0 Å². The number of halogens is 2. The summed E-state index contributed by atoms with van der Waals surface area (Å²) in [6.07, 6.45) is 2.19. The van der Waals surface area contributed by atoms with Gasteiger partial charge in [0.25, 0.3) is 5.91 Å². The molecule has 1 atom stereocenters. The lowest BCUT2D eigenvalue weighted by Crippen LogP contribution is -2.47. The average molecular weight is 380 g/mol. The van der Waals surface area contributed by atoms with Crippen LogP contribution in [0, 0.1) is 0 Å². The van der Waals surface area contributed by atoms with Gasteiger partial charge in [0.15, 0.2) is 0 Å². The smallest absolute Gasteiger partial charge is 0.273 e. The molecule has 0 saturated carbocycles. The highest BCUT2D eigenvalue weighted by Gasteiger charge is 2.25. The fourth-order valence-electron chi connectivity index (χ4n) is 2.44. The van der Waals surface area contributed by atoms with E-state index in [1.807, 2.05) is 34.8 Å². The van der Waals surface area contributed by atoms with Crippen molar-refractivity contribution in [1.82, 2.24) is 15.2 Å². The van der Waals surface area contributed by atoms with E-state index in [1.54, 1.807) is 22.7 Å². The van der Waals surface area contributed by atoms with E-state index in [9.17, 15) is 4.79 Å². The summed E-state index contributed by atoms with van der Waals surface area (Å²) in [6.45, 7) is 1.62. The first-order chi connectivity index (χ1) is 9.78. The van der Waals surface area contributed by atoms with E-state index in [0.717, 1.165) is 35.8 Å². The molecule has 3 heterocycles. The third-order valence-corrected chi connectivity index (χ3v) is 5.45. The molecular formula is C14H19Cl2N3OS2. The predicted octanol–water partition coefficient (Wildman–Crippen LogP) is 3.54. The van der Waals surface area contributed by atoms with Crippen LogP contribution in [0.3, 0.4) is 0 Å². The van der Waals surface area contributed by atoms with E-state index in [-0.39, 0.29) is 30.7 Å². The number of rotatable bonds is 3. The van der Waals surface area contributed by atoms with Crippen molar-refractivity contribution < 1.29 is 4.79 Å². The first-order valence-electron chi connectivity index (χ1n) is 6.74. The lowest BCUT2D eigenvalue weighted by Gasteiger charge is -2.32. The zero-order chi connectivity index (χ0) is 13.9. The highest BCUT2D eigenvalue weighted by atomic mass is 35.5. The molecule has 2 aromatic rings. The maximum atomic E-state index is 12.5. The minimum atomic E-state index is 0. The van der Waals surface area contributed by atoms with Crippen LogP contribution in [0.2, 0.25) is 0 Å². The number of carbonyl (C=O) groups excluding carboxylic acids is 1. The maximum absolute atomic E-state index is 12.5. The van der Waals surface area contributed by atoms with Crippen molar-refractivity contribution in [3.8, 4) is 9.88 Å². The molecule has 1 N–H and O–H groups in total. The molecule has 1 aliphatic rings. The van der Waals surface area contributed by atoms with Crippen molar-refractivity contribution in [2.45, 2.75) is 18.9 Å². The van der Waals surface area contributed by atoms with Gasteiger partial charge in [-0.25, -0.2) is 4.98 Å². The minimum absolute atomic E-state index is 0. The first-order valence-corrected chi connectivity index (χ1v) is 8.50. The molecule has 0 aliphatic carbocycles. The summed E-state index contributed by atoms with van der Waals surface area (Å²) in [4.78, 5) is 20.0. The van der Waals surface area contributed by atoms with Crippen LogP contribution in [0.4, 0.5) is 0 Å². The summed E-state index contributed by atoms with van der Waals surface area (Å²) < 4.78 is 0. The molecule has 1 amide bonds. The topological polar surface area (TPSA) is 45.2 Å². The minimum Gasteiger partial charge on any atom is -0.336 e. The Hall–Kier alpha value is -0.660. The molecule has 4 nitrogen and oxygen atoms in total. The predicted molar refractivity (Wildman–Crippen MR) is 97.9 cm³/mol. The Morgan fingerprint density at radius 1 is 1.41 bits per heavy atom. The maximum Gasteiger partial charge on any atom is 0.273 e. The molecule has 0 bridgehead atoms. The number of likely N-dealkylation sites (tertiary alicyclic amines) is 1. The summed E-state index contributed by atoms with van der Waals surface area (Å²) >= 11 is 3.20. The number of thiazole rings is 1. The Morgan fingerprint density at radius 2 is 2.23 bits per heavy atom. The molecule has 22 heavy (non-hydrogen) atoms. The highest BCUT2D eigenvalue weighted by molar-refractivity contribution is 7.20. The van der Waals surface area contributed by atoms with Gasteiger partial charge in [0.2, 0.25) is 0 Å². The first kappa shape index (κ1) is 19.4. The normalized spacial score (nSPS) is 17.5. The van der Waals surface area contributed by atoms with Crippen molar-refractivity contribution in [1.29, 1.82) is 0 Å². The molecule has 3 rings (SSSR count). The third kappa shape index (κ3) is 4.20. The monoisotopic (exact) mass is 379 g/mol. The van der Waals surface area contributed by atoms with Crippen LogP contribution in [0.1, 0.15) is 23.3 Å². The number of likely N-dealkylation sites (N-methyl/N-ethyl adjacent to an activating group) is 1. The quantitative estimate of drug-likeness (QED) is 0.886. The Morgan fingerprint density at radius 3 is 2.91 bits per heavy atom. The third-order valence-electron chi connectivity index (χ3n) is 3.57. The second-order valence-electron chi connectivity index (χ2n) is 4.89. The van der Waals surface area contributed by atoms with Crippen molar-refractivity contribution in [2.75, 3.05) is 20.1 Å². The number of hydrogen-bond acceptors (Lipinski definition) is 5. The standard InChI is InChI=1S/C14H17N3OS2.2ClH/c1-15-10-4-2-6-17(8-10)14(18)11-9-20-13(16-11)12-5-3-7-19-12;;/h3,5,7,9-10,15H,2,4,6,8H2,1H3;2*1H. The largest absolute Gasteiger partial charge is 0.336 e. The van der Waals surface area contributed by atoms with Gasteiger partial charge in [-0.1, -0.05) is 6.07 Å². The van der Waals surface area contributed by atoms with E-state index in [4.69, 9.17) is 0 Å². The van der Waals surface area contributed by atoms with Gasteiger partial charge in [-0.3, -0.25) is 4.79 Å². The van der Waals surface area contributed by atoms with E-state index in [2.05, 4.69) is 10.3 Å². The summed E-state index contributed by atoms with van der Waals surface area (Å²) in [5.41, 5.74) is 0.579. The fraction of sp³-hybridized carbons (Fsp3) is 0.429. The van der Waals surface area contributed by atoms with Crippen LogP contribution in [-0.4, -0.2) is 42.0 Å². The molecule has 0 spiro atoms. The SMILES string of the molecule is CNC1CCCN(C(=O)c2csc(-c3cccs3)n2)C1.Cl.Cl. The molecule has 0 aromatic carbocycles. The van der Waals surface area contributed by atoms with Crippen molar-refractivity contribution in [2.24, 2.45) is 0 Å². The van der Waals surface area contributed by atoms with Gasteiger partial charge >= 0.3 is 0 Å². The second kappa shape index (κ2) is 8.84. The number of nitrogens with zero attached hydrogens (tertiary/aromatic N) is 2. The van der Waals surface area contributed by atoms with Crippen LogP contribution in [-0.2, 0) is 0 Å². The Kier molecular flexibility index (Phi) is 7.79. The summed E-state index contributed by atoms with van der Waals surface area (Å²) in [5, 5.41) is 8.10. The van der Waals surface area contributed by atoms with Gasteiger partial charge in [0, 0.05) is 24.5 Å². The number of nitrogens with one attached hydrogen (secondary N) is 1. The van der Waals surface area contributed by atoms with Crippen LogP contribution < -0.4 is 5.32 Å². The molecule has 0 radical (unpaired) electrons. The Labute approximate surface area is 150 Å². The molecule has 1 aliphatic heterocycles. The van der Waals surface area contributed by atoms with E-state index in [1.165, 1.54) is 0 Å². The Balaban J connectivity index is 0.00000121. The van der Waals surface area contributed by atoms with Gasteiger partial charge in [-0.05, 0) is 31.3 Å². The molecule has 1 fully saturated rings. The summed E-state index contributed by atoms with van der Waals surface area (Å²) in [6, 6.07) is 4.45. The molecule has 8 heteroatoms. The number of hydrogen-bond donors (Lipinski definition) is 1. The zero-order valence-corrected chi connectivity index (χ0v) is 15.4. The average Bonchev–Trinajstić information content (AvgIpc) is 3.17. The van der Waals surface area contributed by atoms with Gasteiger partial charge in [0.1, 0.15) is 10.7 Å². The van der Waals surface area contributed by atoms with Crippen molar-refractivity contribution in [3.63, 3.8) is 0 Å². The highest BCUT2D eigenvalue weighted by Crippen LogP contribution is 2.28. The van der Waals surface area contributed by atoms with Gasteiger partial charge in [-0.2, -0.15) is 0 Å². The number of carbonyl (C=O) groups is 1. The Bertz CT molecular complexity index is 589. The molecular weight excluding hydrogens is 361 g/mol. The molecule has 1 unspecified atom stereocenters. The van der Waals surface area contributed by atoms with E-state index in [0.29, 0.717) is 11.7 Å². The van der Waals surface area contributed by atoms with Gasteiger partial charge in [-0.15, -0.1) is 47.5 Å². The van der Waals surface area contributed by atoms with Crippen LogP contribution >= 0.6 is 47.5 Å². The number of piperidine rings is 1. The second-order valence-corrected chi connectivity index (χ2v) is 6.70. The molecule has 1 saturated heterocycles. The number of aromatic nitrogens is 1. The fourth-order valence-corrected chi connectivity index (χ4v) is 4.05. The van der Waals surface area contributed by atoms with Crippen LogP contribution in [0.15, 0.2) is 22.9 Å². The van der Waals surface area contributed by atoms with Gasteiger partial charge < -0.3 is 10.2 Å². The number of amides is 1. The summed E-state index contributed by atoms with van der Waals surface area (Å²) in [5.74, 6) is 0.0593. The van der Waals surface area contributed by atoms with Crippen molar-refractivity contribution >= 4 is 53.4 Å². The van der Waals surface area contributed by atoms with E-state index < -0.39 is 0 Å².